The van der Waals surface area contributed by atoms with E-state index in [2.05, 4.69) is 26.2 Å². The first-order chi connectivity index (χ1) is 16.5. The van der Waals surface area contributed by atoms with Crippen molar-refractivity contribution in [2.45, 2.75) is 77.2 Å². The molecule has 9 nitrogen and oxygen atoms in total. The molecule has 4 N–H and O–H groups in total. The highest BCUT2D eigenvalue weighted by Crippen LogP contribution is 2.23. The van der Waals surface area contributed by atoms with Gasteiger partial charge in [-0.1, -0.05) is 13.8 Å². The maximum atomic E-state index is 10.1. The Bertz CT molecular complexity index is 462. The topological polar surface area (TPSA) is 115 Å². The van der Waals surface area contributed by atoms with Gasteiger partial charge < -0.3 is 34.0 Å². The van der Waals surface area contributed by atoms with Crippen molar-refractivity contribution < 1.29 is 34.0 Å². The molecular weight excluding hydrogens is 484 g/mol. The van der Waals surface area contributed by atoms with Gasteiger partial charge >= 0.3 is 0 Å². The smallest absolute Gasteiger partial charge is 0.173 e. The summed E-state index contributed by atoms with van der Waals surface area (Å²) in [5.41, 5.74) is 0. The standard InChI is InChI=1S/C24H56N2O7Si2/c1-7-25(11-13-27)19-23(29)21-31-15-9-17-34(3,4)33-35(5,6)18-10-16-32-22-24(30)20-26(8-2)12-14-28/h23-24,27-30H,7-22H2,1-6H3. The zero-order valence-corrected chi connectivity index (χ0v) is 25.4. The average molecular weight is 541 g/mol. The fourth-order valence-electron chi connectivity index (χ4n) is 4.23. The van der Waals surface area contributed by atoms with E-state index in [0.717, 1.165) is 38.0 Å². The van der Waals surface area contributed by atoms with Crippen LogP contribution in [0.1, 0.15) is 26.7 Å². The van der Waals surface area contributed by atoms with E-state index in [0.29, 0.717) is 52.6 Å². The molecule has 2 unspecified atom stereocenters. The summed E-state index contributed by atoms with van der Waals surface area (Å²) in [6.45, 7) is 18.9. The normalized spacial score (nSPS) is 14.7. The Morgan fingerprint density at radius 3 is 1.37 bits per heavy atom. The minimum atomic E-state index is -1.80. The van der Waals surface area contributed by atoms with E-state index in [1.807, 2.05) is 23.6 Å². The average Bonchev–Trinajstić information content (AvgIpc) is 2.77. The molecule has 0 fully saturated rings. The summed E-state index contributed by atoms with van der Waals surface area (Å²) in [7, 11) is -3.60. The van der Waals surface area contributed by atoms with Gasteiger partial charge in [0, 0.05) is 39.4 Å². The fraction of sp³-hybridized carbons (Fsp3) is 1.00. The Balaban J connectivity index is 4.05. The molecule has 0 heterocycles. The summed E-state index contributed by atoms with van der Waals surface area (Å²) < 4.78 is 18.0. The lowest BCUT2D eigenvalue weighted by molar-refractivity contribution is 0.0151. The first-order valence-electron chi connectivity index (χ1n) is 13.4. The van der Waals surface area contributed by atoms with Gasteiger partial charge in [-0.3, -0.25) is 9.80 Å². The second-order valence-electron chi connectivity index (χ2n) is 10.5. The first kappa shape index (κ1) is 35.1. The first-order valence-corrected chi connectivity index (χ1v) is 19.6. The highest BCUT2D eigenvalue weighted by Gasteiger charge is 2.32. The van der Waals surface area contributed by atoms with Crippen LogP contribution < -0.4 is 0 Å². The molecule has 0 aromatic heterocycles. The molecule has 0 saturated carbocycles. The number of hydrogen-bond donors (Lipinski definition) is 4. The van der Waals surface area contributed by atoms with Crippen molar-refractivity contribution in [2.24, 2.45) is 0 Å². The van der Waals surface area contributed by atoms with Gasteiger partial charge in [-0.15, -0.1) is 0 Å². The molecule has 0 amide bonds. The maximum absolute atomic E-state index is 10.1. The Hall–Kier alpha value is 0.0738. The number of likely N-dealkylation sites (N-methyl/N-ethyl adjacent to an activating group) is 2. The molecule has 0 radical (unpaired) electrons. The third-order valence-electron chi connectivity index (χ3n) is 5.97. The minimum Gasteiger partial charge on any atom is -0.455 e. The quantitative estimate of drug-likeness (QED) is 0.107. The lowest BCUT2D eigenvalue weighted by atomic mass is 10.3. The SMILES string of the molecule is CCN(CCO)CC(O)COCCC[Si](C)(C)O[Si](C)(C)CCCOCC(O)CN(CC)CCO. The molecule has 0 bridgehead atoms. The number of hydrogen-bond acceptors (Lipinski definition) is 9. The Labute approximate surface area is 216 Å². The summed E-state index contributed by atoms with van der Waals surface area (Å²) in [6.07, 6.45) is 0.778. The molecule has 0 aliphatic heterocycles. The highest BCUT2D eigenvalue weighted by atomic mass is 28.4. The van der Waals surface area contributed by atoms with E-state index in [9.17, 15) is 10.2 Å². The number of aliphatic hydroxyl groups excluding tert-OH is 4. The molecular formula is C24H56N2O7Si2. The monoisotopic (exact) mass is 540 g/mol. The van der Waals surface area contributed by atoms with E-state index in [1.54, 1.807) is 0 Å². The molecule has 0 spiro atoms. The van der Waals surface area contributed by atoms with E-state index in [-0.39, 0.29) is 13.2 Å². The largest absolute Gasteiger partial charge is 0.455 e. The summed E-state index contributed by atoms with van der Waals surface area (Å²) in [6, 6.07) is 2.05. The van der Waals surface area contributed by atoms with Gasteiger partial charge in [0.2, 0.25) is 0 Å². The molecule has 0 aliphatic rings. The Morgan fingerprint density at radius 2 is 1.06 bits per heavy atom. The van der Waals surface area contributed by atoms with Gasteiger partial charge in [-0.25, -0.2) is 0 Å². The molecule has 0 rings (SSSR count). The summed E-state index contributed by atoms with van der Waals surface area (Å²) in [5, 5.41) is 38.3. The second-order valence-corrected chi connectivity index (χ2v) is 19.4. The molecule has 11 heteroatoms. The van der Waals surface area contributed by atoms with Crippen LogP contribution in [0.4, 0.5) is 0 Å². The zero-order chi connectivity index (χ0) is 26.7. The van der Waals surface area contributed by atoms with Crippen molar-refractivity contribution in [1.29, 1.82) is 0 Å². The van der Waals surface area contributed by atoms with Crippen LogP contribution in [0.3, 0.4) is 0 Å². The highest BCUT2D eigenvalue weighted by molar-refractivity contribution is 6.84. The van der Waals surface area contributed by atoms with E-state index in [4.69, 9.17) is 23.8 Å². The van der Waals surface area contributed by atoms with Crippen molar-refractivity contribution in [1.82, 2.24) is 9.80 Å². The molecule has 0 aromatic carbocycles. The van der Waals surface area contributed by atoms with Crippen LogP contribution in [0, 0.1) is 0 Å². The zero-order valence-electron chi connectivity index (χ0n) is 23.4. The van der Waals surface area contributed by atoms with Gasteiger partial charge in [-0.05, 0) is 64.2 Å². The van der Waals surface area contributed by atoms with Crippen LogP contribution in [0.25, 0.3) is 0 Å². The van der Waals surface area contributed by atoms with E-state index >= 15 is 0 Å². The van der Waals surface area contributed by atoms with Crippen molar-refractivity contribution in [2.75, 3.05) is 78.9 Å². The van der Waals surface area contributed by atoms with Crippen LogP contribution in [-0.2, 0) is 13.6 Å². The number of aliphatic hydroxyl groups is 4. The fourth-order valence-corrected chi connectivity index (χ4v) is 13.0. The van der Waals surface area contributed by atoms with Gasteiger partial charge in [0.25, 0.3) is 0 Å². The van der Waals surface area contributed by atoms with Crippen LogP contribution in [0.2, 0.25) is 38.3 Å². The van der Waals surface area contributed by atoms with Crippen molar-refractivity contribution in [3.05, 3.63) is 0 Å². The molecule has 35 heavy (non-hydrogen) atoms. The minimum absolute atomic E-state index is 0.0982. The lowest BCUT2D eigenvalue weighted by Crippen LogP contribution is -2.44. The Kier molecular flexibility index (Phi) is 20.1. The van der Waals surface area contributed by atoms with Gasteiger partial charge in [0.15, 0.2) is 16.6 Å². The van der Waals surface area contributed by atoms with Gasteiger partial charge in [0.05, 0.1) is 38.6 Å². The van der Waals surface area contributed by atoms with Crippen LogP contribution in [0.5, 0.6) is 0 Å². The van der Waals surface area contributed by atoms with E-state index in [1.165, 1.54) is 0 Å². The number of rotatable bonds is 24. The van der Waals surface area contributed by atoms with Gasteiger partial charge in [0.1, 0.15) is 0 Å². The number of nitrogens with zero attached hydrogens (tertiary/aromatic N) is 2. The Morgan fingerprint density at radius 1 is 0.686 bits per heavy atom. The third kappa shape index (κ3) is 19.8. The van der Waals surface area contributed by atoms with Crippen molar-refractivity contribution in [3.8, 4) is 0 Å². The molecule has 0 aliphatic carbocycles. The predicted molar refractivity (Wildman–Crippen MR) is 147 cm³/mol. The molecule has 212 valence electrons. The summed E-state index contributed by atoms with van der Waals surface area (Å²) in [5.74, 6) is 0. The van der Waals surface area contributed by atoms with E-state index < -0.39 is 28.8 Å². The van der Waals surface area contributed by atoms with Crippen LogP contribution in [-0.4, -0.2) is 138 Å². The summed E-state index contributed by atoms with van der Waals surface area (Å²) >= 11 is 0. The van der Waals surface area contributed by atoms with Crippen molar-refractivity contribution in [3.63, 3.8) is 0 Å². The predicted octanol–water partition coefficient (Wildman–Crippen LogP) is 1.58. The number of ether oxygens (including phenoxy) is 2. The molecule has 0 saturated heterocycles. The van der Waals surface area contributed by atoms with Crippen LogP contribution in [0.15, 0.2) is 0 Å². The van der Waals surface area contributed by atoms with Gasteiger partial charge in [-0.2, -0.15) is 0 Å². The summed E-state index contributed by atoms with van der Waals surface area (Å²) in [4.78, 5) is 4.02. The van der Waals surface area contributed by atoms with Crippen LogP contribution >= 0.6 is 0 Å². The third-order valence-corrected chi connectivity index (χ3v) is 13.5. The maximum Gasteiger partial charge on any atom is 0.173 e. The lowest BCUT2D eigenvalue weighted by Gasteiger charge is -2.34. The second kappa shape index (κ2) is 20.1. The molecule has 0 aromatic rings. The molecule has 2 atom stereocenters. The van der Waals surface area contributed by atoms with Crippen molar-refractivity contribution >= 4 is 16.6 Å².